The second-order valence-electron chi connectivity index (χ2n) is 13.2. The lowest BCUT2D eigenvalue weighted by Crippen LogP contribution is -2.50. The van der Waals surface area contributed by atoms with Crippen molar-refractivity contribution in [3.63, 3.8) is 0 Å². The largest absolute Gasteiger partial charge is 0.481 e. The molecule has 2 N–H and O–H groups in total. The van der Waals surface area contributed by atoms with Crippen LogP contribution in [0, 0.1) is 5.82 Å². The van der Waals surface area contributed by atoms with Crippen LogP contribution in [0.2, 0.25) is 0 Å². The van der Waals surface area contributed by atoms with Crippen LogP contribution in [0.15, 0.2) is 87.3 Å². The number of alkyl halides is 3. The fourth-order valence-corrected chi connectivity index (χ4v) is 7.75. The Morgan fingerprint density at radius 2 is 1.73 bits per heavy atom. The molecule has 4 aromatic rings. The molecular formula is C38H40F4N4O5S. The molecule has 2 aliphatic rings. The Balaban J connectivity index is 1.41. The van der Waals surface area contributed by atoms with Gasteiger partial charge in [-0.25, -0.2) is 9.18 Å². The molecule has 1 saturated heterocycles. The summed E-state index contributed by atoms with van der Waals surface area (Å²) < 4.78 is 66.1. The molecule has 0 aliphatic carbocycles. The topological polar surface area (TPSA) is 106 Å². The van der Waals surface area contributed by atoms with E-state index in [0.29, 0.717) is 32.5 Å². The van der Waals surface area contributed by atoms with Gasteiger partial charge in [-0.05, 0) is 67.5 Å². The van der Waals surface area contributed by atoms with Gasteiger partial charge in [0, 0.05) is 36.5 Å². The first-order valence-corrected chi connectivity index (χ1v) is 18.3. The molecule has 3 aromatic carbocycles. The fourth-order valence-electron chi connectivity index (χ4n) is 7.26. The maximum Gasteiger partial charge on any atom is 0.416 e. The number of aromatic nitrogens is 2. The highest BCUT2D eigenvalue weighted by Gasteiger charge is 2.47. The molecule has 1 atom stereocenters. The molecule has 1 spiro atoms. The molecule has 1 fully saturated rings. The molecule has 1 aromatic heterocycles. The van der Waals surface area contributed by atoms with Crippen molar-refractivity contribution in [1.82, 2.24) is 19.4 Å². The summed E-state index contributed by atoms with van der Waals surface area (Å²) in [4.78, 5) is 43.5. The van der Waals surface area contributed by atoms with E-state index in [2.05, 4.69) is 22.3 Å². The Morgan fingerprint density at radius 3 is 2.42 bits per heavy atom. The lowest BCUT2D eigenvalue weighted by atomic mass is 9.85. The van der Waals surface area contributed by atoms with Crippen LogP contribution in [-0.2, 0) is 47.5 Å². The molecule has 0 radical (unpaired) electrons. The van der Waals surface area contributed by atoms with Crippen LogP contribution in [0.3, 0.4) is 0 Å². The first kappa shape index (κ1) is 37.5. The highest BCUT2D eigenvalue weighted by Crippen LogP contribution is 2.43. The minimum atomic E-state index is -4.89. The molecule has 14 heteroatoms. The summed E-state index contributed by atoms with van der Waals surface area (Å²) in [7, 11) is 0. The summed E-state index contributed by atoms with van der Waals surface area (Å²) in [5.41, 5.74) is -2.30. The third-order valence-corrected chi connectivity index (χ3v) is 10.7. The SMILES string of the molecule is CSc1cccc(CN2CCC3(CC2)OCc2c3c(=O)n(C[C@H](NCCCC(=O)O)c3ccccc3)c(=O)n2Cc2c(F)cccc2C(F)(F)F)c1. The minimum Gasteiger partial charge on any atom is -0.481 e. The standard InChI is InChI=1S/C38H40F4N4O5S/c1-52-27-11-5-8-25(20-27)21-44-18-15-37(16-19-44)34-32(24-51-37)45(22-28-29(38(40,41)42)12-6-13-30(28)39)36(50)46(35(34)49)23-31(26-9-3-2-4-10-26)43-17-7-14-33(47)48/h2-6,8-13,20,31,43H,7,14-19,21-24H2,1H3,(H,47,48)/t31-/m0/s1. The van der Waals surface area contributed by atoms with Crippen molar-refractivity contribution in [2.24, 2.45) is 0 Å². The number of benzene rings is 3. The van der Waals surface area contributed by atoms with Crippen LogP contribution < -0.4 is 16.6 Å². The van der Waals surface area contributed by atoms with Gasteiger partial charge < -0.3 is 15.2 Å². The maximum atomic E-state index is 15.2. The van der Waals surface area contributed by atoms with Crippen molar-refractivity contribution in [2.45, 2.75) is 74.6 Å². The highest BCUT2D eigenvalue weighted by molar-refractivity contribution is 7.98. The number of hydrogen-bond acceptors (Lipinski definition) is 7. The first-order valence-electron chi connectivity index (χ1n) is 17.1. The van der Waals surface area contributed by atoms with Gasteiger partial charge in [-0.2, -0.15) is 13.2 Å². The number of piperidine rings is 1. The van der Waals surface area contributed by atoms with E-state index in [9.17, 15) is 27.6 Å². The monoisotopic (exact) mass is 740 g/mol. The second kappa shape index (κ2) is 15.8. The lowest BCUT2D eigenvalue weighted by molar-refractivity contribution is -0.138. The van der Waals surface area contributed by atoms with Crippen LogP contribution in [0.1, 0.15) is 65.2 Å². The van der Waals surface area contributed by atoms with Crippen LogP contribution in [-0.4, -0.2) is 51.0 Å². The van der Waals surface area contributed by atoms with Gasteiger partial charge >= 0.3 is 17.8 Å². The number of halogens is 4. The van der Waals surface area contributed by atoms with Crippen LogP contribution in [0.5, 0.6) is 0 Å². The van der Waals surface area contributed by atoms with Crippen molar-refractivity contribution in [2.75, 3.05) is 25.9 Å². The summed E-state index contributed by atoms with van der Waals surface area (Å²) >= 11 is 1.65. The molecule has 0 unspecified atom stereocenters. The van der Waals surface area contributed by atoms with Gasteiger partial charge in [0.2, 0.25) is 0 Å². The van der Waals surface area contributed by atoms with Crippen molar-refractivity contribution < 1.29 is 32.2 Å². The van der Waals surface area contributed by atoms with E-state index in [-0.39, 0.29) is 43.8 Å². The number of fused-ring (bicyclic) bond motifs is 2. The molecule has 0 saturated carbocycles. The molecule has 2 aliphatic heterocycles. The van der Waals surface area contributed by atoms with E-state index >= 15 is 4.39 Å². The number of aliphatic carboxylic acids is 1. The van der Waals surface area contributed by atoms with Crippen molar-refractivity contribution in [1.29, 1.82) is 0 Å². The number of ether oxygens (including phenoxy) is 1. The molecule has 52 heavy (non-hydrogen) atoms. The van der Waals surface area contributed by atoms with E-state index in [1.54, 1.807) is 42.1 Å². The number of rotatable bonds is 13. The smallest absolute Gasteiger partial charge is 0.416 e. The van der Waals surface area contributed by atoms with Gasteiger partial charge in [0.1, 0.15) is 11.4 Å². The predicted octanol–water partition coefficient (Wildman–Crippen LogP) is 6.16. The molecule has 3 heterocycles. The minimum absolute atomic E-state index is 0.0931. The van der Waals surface area contributed by atoms with Gasteiger partial charge in [0.15, 0.2) is 0 Å². The van der Waals surface area contributed by atoms with E-state index in [0.717, 1.165) is 43.4 Å². The number of nitrogens with zero attached hydrogens (tertiary/aromatic N) is 3. The van der Waals surface area contributed by atoms with Gasteiger partial charge in [0.05, 0.1) is 42.6 Å². The zero-order valence-corrected chi connectivity index (χ0v) is 29.4. The Morgan fingerprint density at radius 1 is 1.00 bits per heavy atom. The number of carboxylic acid groups (broad SMARTS) is 1. The van der Waals surface area contributed by atoms with E-state index < -0.39 is 58.5 Å². The molecular weight excluding hydrogens is 701 g/mol. The highest BCUT2D eigenvalue weighted by atomic mass is 32.2. The summed E-state index contributed by atoms with van der Waals surface area (Å²) in [6, 6.07) is 19.2. The van der Waals surface area contributed by atoms with Gasteiger partial charge in [0.25, 0.3) is 5.56 Å². The summed E-state index contributed by atoms with van der Waals surface area (Å²) in [5, 5.41) is 12.4. The Kier molecular flexibility index (Phi) is 11.4. The lowest BCUT2D eigenvalue weighted by Gasteiger charge is -2.39. The average molecular weight is 741 g/mol. The Hall–Kier alpha value is -4.24. The predicted molar refractivity (Wildman–Crippen MR) is 189 cm³/mol. The summed E-state index contributed by atoms with van der Waals surface area (Å²) in [5.74, 6) is -2.09. The number of likely N-dealkylation sites (tertiary alicyclic amines) is 1. The third-order valence-electron chi connectivity index (χ3n) is 9.95. The van der Waals surface area contributed by atoms with E-state index in [1.807, 2.05) is 18.4 Å². The van der Waals surface area contributed by atoms with E-state index in [4.69, 9.17) is 9.84 Å². The number of carbonyl (C=O) groups is 1. The molecule has 9 nitrogen and oxygen atoms in total. The van der Waals surface area contributed by atoms with E-state index in [1.165, 1.54) is 0 Å². The fraction of sp³-hybridized carbons (Fsp3) is 0.395. The summed E-state index contributed by atoms with van der Waals surface area (Å²) in [6.07, 6.45) is -1.89. The third kappa shape index (κ3) is 8.04. The number of carboxylic acids is 1. The average Bonchev–Trinajstić information content (AvgIpc) is 3.49. The van der Waals surface area contributed by atoms with Crippen molar-refractivity contribution in [3.05, 3.63) is 133 Å². The molecule has 0 bridgehead atoms. The Bertz CT molecular complexity index is 2030. The van der Waals surface area contributed by atoms with Gasteiger partial charge in [-0.3, -0.25) is 23.6 Å². The quantitative estimate of drug-likeness (QED) is 0.0956. The van der Waals surface area contributed by atoms with Crippen molar-refractivity contribution in [3.8, 4) is 0 Å². The van der Waals surface area contributed by atoms with Crippen LogP contribution >= 0.6 is 11.8 Å². The summed E-state index contributed by atoms with van der Waals surface area (Å²) in [6.45, 7) is 0.896. The zero-order valence-electron chi connectivity index (χ0n) is 28.6. The Labute approximate surface area is 302 Å². The molecule has 6 rings (SSSR count). The maximum absolute atomic E-state index is 15.2. The normalized spacial score (nSPS) is 16.2. The number of thioether (sulfide) groups is 1. The van der Waals surface area contributed by atoms with Gasteiger partial charge in [-0.1, -0.05) is 48.5 Å². The second-order valence-corrected chi connectivity index (χ2v) is 14.1. The number of nitrogens with one attached hydrogen (secondary N) is 1. The zero-order chi connectivity index (χ0) is 37.0. The molecule has 0 amide bonds. The van der Waals surface area contributed by atoms with Crippen LogP contribution in [0.4, 0.5) is 17.6 Å². The molecule has 276 valence electrons. The van der Waals surface area contributed by atoms with Crippen molar-refractivity contribution >= 4 is 17.7 Å². The van der Waals surface area contributed by atoms with Crippen LogP contribution in [0.25, 0.3) is 0 Å². The number of hydrogen-bond donors (Lipinski definition) is 2. The van der Waals surface area contributed by atoms with Gasteiger partial charge in [-0.15, -0.1) is 11.8 Å². The first-order chi connectivity index (χ1) is 24.9.